The van der Waals surface area contributed by atoms with Gasteiger partial charge in [0.2, 0.25) is 5.82 Å². The zero-order valence-electron chi connectivity index (χ0n) is 20.6. The van der Waals surface area contributed by atoms with E-state index in [2.05, 4.69) is 17.1 Å². The van der Waals surface area contributed by atoms with Gasteiger partial charge < -0.3 is 24.6 Å². The second-order valence-electron chi connectivity index (χ2n) is 9.87. The average Bonchev–Trinajstić information content (AvgIpc) is 3.23. The summed E-state index contributed by atoms with van der Waals surface area (Å²) in [5.74, 6) is 1.54. The van der Waals surface area contributed by atoms with Gasteiger partial charge in [-0.1, -0.05) is 17.3 Å². The lowest BCUT2D eigenvalue weighted by Crippen LogP contribution is -2.40. The minimum atomic E-state index is -0.514. The fourth-order valence-electron chi connectivity index (χ4n) is 4.06. The second-order valence-corrected chi connectivity index (χ2v) is 9.87. The molecule has 8 heteroatoms. The molecule has 1 amide bonds. The minimum absolute atomic E-state index is 0.0337. The van der Waals surface area contributed by atoms with E-state index in [0.717, 1.165) is 28.7 Å². The van der Waals surface area contributed by atoms with Crippen molar-refractivity contribution >= 4 is 11.8 Å². The molecule has 1 aliphatic heterocycles. The van der Waals surface area contributed by atoms with Crippen molar-refractivity contribution < 1.29 is 18.8 Å². The Kier molecular flexibility index (Phi) is 6.25. The number of nitrogens with zero attached hydrogens (tertiary/aromatic N) is 3. The molecule has 180 valence electrons. The number of fused-ring (bicyclic) bond motifs is 1. The zero-order chi connectivity index (χ0) is 24.6. The van der Waals surface area contributed by atoms with Crippen LogP contribution in [0.3, 0.4) is 0 Å². The molecule has 0 fully saturated rings. The predicted octanol–water partition coefficient (Wildman–Crippen LogP) is 5.37. The Hall–Kier alpha value is -3.55. The average molecular weight is 465 g/mol. The predicted molar refractivity (Wildman–Crippen MR) is 130 cm³/mol. The van der Waals surface area contributed by atoms with E-state index in [9.17, 15) is 4.79 Å². The molecule has 0 saturated carbocycles. The maximum Gasteiger partial charge on any atom is 0.410 e. The van der Waals surface area contributed by atoms with Gasteiger partial charge in [-0.25, -0.2) is 4.79 Å². The quantitative estimate of drug-likeness (QED) is 0.517. The van der Waals surface area contributed by atoms with Gasteiger partial charge >= 0.3 is 6.09 Å². The first-order valence-electron chi connectivity index (χ1n) is 11.5. The summed E-state index contributed by atoms with van der Waals surface area (Å²) in [5.41, 5.74) is 11.2. The second kappa shape index (κ2) is 9.00. The van der Waals surface area contributed by atoms with Gasteiger partial charge in [-0.05, 0) is 82.9 Å². The van der Waals surface area contributed by atoms with Crippen molar-refractivity contribution in [3.8, 4) is 28.6 Å². The fourth-order valence-corrected chi connectivity index (χ4v) is 4.06. The van der Waals surface area contributed by atoms with Crippen molar-refractivity contribution in [3.05, 3.63) is 47.0 Å². The zero-order valence-corrected chi connectivity index (χ0v) is 20.6. The number of nitrogens with two attached hydrogens (primary N) is 1. The van der Waals surface area contributed by atoms with E-state index >= 15 is 0 Å². The van der Waals surface area contributed by atoms with E-state index in [1.165, 1.54) is 5.56 Å². The summed E-state index contributed by atoms with van der Waals surface area (Å²) in [6.45, 7) is 12.7. The maximum atomic E-state index is 12.5. The Labute approximate surface area is 200 Å². The maximum absolute atomic E-state index is 12.5. The van der Waals surface area contributed by atoms with Crippen molar-refractivity contribution in [3.63, 3.8) is 0 Å². The highest BCUT2D eigenvalue weighted by Crippen LogP contribution is 2.33. The molecular formula is C26H32N4O4. The molecule has 3 aromatic rings. The van der Waals surface area contributed by atoms with Crippen molar-refractivity contribution in [2.75, 3.05) is 12.3 Å². The van der Waals surface area contributed by atoms with Crippen LogP contribution in [0.5, 0.6) is 5.75 Å². The molecule has 0 unspecified atom stereocenters. The Morgan fingerprint density at radius 2 is 1.97 bits per heavy atom. The summed E-state index contributed by atoms with van der Waals surface area (Å²) in [4.78, 5) is 18.8. The number of benzene rings is 2. The third kappa shape index (κ3) is 5.00. The standard InChI is InChI=1S/C26H32N4O4/c1-15(2)32-22-10-8-17(13-21(22)27)24-28-23(29-34-24)20-9-7-18-14-30(12-11-19(18)16(20)3)25(31)33-26(4,5)6/h7-10,13,15H,11-12,14,27H2,1-6H3. The van der Waals surface area contributed by atoms with Gasteiger partial charge in [-0.15, -0.1) is 0 Å². The number of hydrogen-bond acceptors (Lipinski definition) is 7. The first kappa shape index (κ1) is 23.6. The third-order valence-electron chi connectivity index (χ3n) is 5.63. The van der Waals surface area contributed by atoms with E-state index in [4.69, 9.17) is 19.7 Å². The van der Waals surface area contributed by atoms with E-state index in [1.54, 1.807) is 11.0 Å². The molecule has 0 aliphatic carbocycles. The fraction of sp³-hybridized carbons (Fsp3) is 0.423. The third-order valence-corrected chi connectivity index (χ3v) is 5.63. The van der Waals surface area contributed by atoms with E-state index in [0.29, 0.717) is 36.2 Å². The van der Waals surface area contributed by atoms with Crippen molar-refractivity contribution in [1.29, 1.82) is 0 Å². The lowest BCUT2D eigenvalue weighted by molar-refractivity contribution is 0.0224. The molecule has 0 atom stereocenters. The molecule has 0 spiro atoms. The number of hydrogen-bond donors (Lipinski definition) is 1. The van der Waals surface area contributed by atoms with Crippen LogP contribution in [0, 0.1) is 6.92 Å². The normalized spacial score (nSPS) is 13.7. The summed E-state index contributed by atoms with van der Waals surface area (Å²) in [6.07, 6.45) is 0.491. The molecule has 2 N–H and O–H groups in total. The summed E-state index contributed by atoms with van der Waals surface area (Å²) in [6, 6.07) is 9.46. The molecule has 0 radical (unpaired) electrons. The van der Waals surface area contributed by atoms with Crippen molar-refractivity contribution in [2.45, 2.75) is 66.2 Å². The highest BCUT2D eigenvalue weighted by Gasteiger charge is 2.27. The monoisotopic (exact) mass is 464 g/mol. The number of rotatable bonds is 4. The Bertz CT molecular complexity index is 1210. The van der Waals surface area contributed by atoms with E-state index in [-0.39, 0.29) is 12.2 Å². The van der Waals surface area contributed by atoms with Crippen LogP contribution in [0.4, 0.5) is 10.5 Å². The molecule has 2 aromatic carbocycles. The number of ether oxygens (including phenoxy) is 2. The summed E-state index contributed by atoms with van der Waals surface area (Å²) >= 11 is 0. The molecule has 4 rings (SSSR count). The lowest BCUT2D eigenvalue weighted by atomic mass is 9.91. The van der Waals surface area contributed by atoms with Crippen LogP contribution in [0.15, 0.2) is 34.9 Å². The van der Waals surface area contributed by atoms with Gasteiger partial charge in [0.1, 0.15) is 11.4 Å². The highest BCUT2D eigenvalue weighted by atomic mass is 16.6. The number of carbonyl (C=O) groups is 1. The molecule has 0 saturated heterocycles. The minimum Gasteiger partial charge on any atom is -0.489 e. The molecule has 2 heterocycles. The topological polar surface area (TPSA) is 104 Å². The molecule has 8 nitrogen and oxygen atoms in total. The molecule has 1 aromatic heterocycles. The van der Waals surface area contributed by atoms with Gasteiger partial charge in [0, 0.05) is 24.2 Å². The largest absolute Gasteiger partial charge is 0.489 e. The number of carbonyl (C=O) groups excluding carboxylic acids is 1. The molecule has 0 bridgehead atoms. The van der Waals surface area contributed by atoms with E-state index < -0.39 is 5.60 Å². The smallest absolute Gasteiger partial charge is 0.410 e. The van der Waals surface area contributed by atoms with Gasteiger partial charge in [-0.2, -0.15) is 4.98 Å². The number of amides is 1. The van der Waals surface area contributed by atoms with Crippen molar-refractivity contribution in [2.24, 2.45) is 0 Å². The van der Waals surface area contributed by atoms with Crippen LogP contribution in [-0.2, 0) is 17.7 Å². The highest BCUT2D eigenvalue weighted by molar-refractivity contribution is 5.71. The summed E-state index contributed by atoms with van der Waals surface area (Å²) in [5, 5.41) is 4.21. The molecule has 1 aliphatic rings. The van der Waals surface area contributed by atoms with Crippen LogP contribution < -0.4 is 10.5 Å². The Balaban J connectivity index is 1.55. The molecule has 34 heavy (non-hydrogen) atoms. The Morgan fingerprint density at radius 3 is 2.65 bits per heavy atom. The van der Waals surface area contributed by atoms with Crippen LogP contribution in [-0.4, -0.2) is 39.4 Å². The first-order chi connectivity index (χ1) is 16.0. The Morgan fingerprint density at radius 1 is 1.21 bits per heavy atom. The van der Waals surface area contributed by atoms with Crippen LogP contribution >= 0.6 is 0 Å². The van der Waals surface area contributed by atoms with Gasteiger partial charge in [-0.3, -0.25) is 0 Å². The molecular weight excluding hydrogens is 432 g/mol. The number of anilines is 1. The van der Waals surface area contributed by atoms with E-state index in [1.807, 2.05) is 58.9 Å². The van der Waals surface area contributed by atoms with Crippen LogP contribution in [0.1, 0.15) is 51.3 Å². The lowest BCUT2D eigenvalue weighted by Gasteiger charge is -2.32. The van der Waals surface area contributed by atoms with Gasteiger partial charge in [0.15, 0.2) is 0 Å². The SMILES string of the molecule is Cc1c(-c2noc(-c3ccc(OC(C)C)c(N)c3)n2)ccc2c1CCN(C(=O)OC(C)(C)C)C2. The van der Waals surface area contributed by atoms with Crippen molar-refractivity contribution in [1.82, 2.24) is 15.0 Å². The summed E-state index contributed by atoms with van der Waals surface area (Å²) in [7, 11) is 0. The van der Waals surface area contributed by atoms with Crippen LogP contribution in [0.25, 0.3) is 22.8 Å². The van der Waals surface area contributed by atoms with Gasteiger partial charge in [0.05, 0.1) is 11.8 Å². The number of aromatic nitrogens is 2. The summed E-state index contributed by atoms with van der Waals surface area (Å²) < 4.78 is 16.8. The number of nitrogen functional groups attached to an aromatic ring is 1. The van der Waals surface area contributed by atoms with Crippen LogP contribution in [0.2, 0.25) is 0 Å². The first-order valence-corrected chi connectivity index (χ1v) is 11.5. The van der Waals surface area contributed by atoms with Gasteiger partial charge in [0.25, 0.3) is 5.89 Å².